The Morgan fingerprint density at radius 2 is 0.897 bits per heavy atom. The van der Waals surface area contributed by atoms with Gasteiger partial charge in [0.05, 0.1) is 42.4 Å². The monoisotopic (exact) mass is 724 g/mol. The van der Waals surface area contributed by atoms with Crippen molar-refractivity contribution in [2.45, 2.75) is 0 Å². The smallest absolute Gasteiger partial charge is 0.316 e. The Morgan fingerprint density at radius 3 is 1.49 bits per heavy atom. The second-order valence-electron chi connectivity index (χ2n) is 6.24. The molecule has 0 saturated carbocycles. The van der Waals surface area contributed by atoms with E-state index in [0.717, 1.165) is 61.1 Å². The number of rotatable bonds is 30. The molecule has 0 aliphatic rings. The fraction of sp³-hybridized carbons (Fsp3) is 0.850. The zero-order valence-corrected chi connectivity index (χ0v) is 28.7. The fourth-order valence-corrected chi connectivity index (χ4v) is 8.80. The lowest BCUT2D eigenvalue weighted by molar-refractivity contribution is -0.285. The van der Waals surface area contributed by atoms with Crippen LogP contribution in [0.15, 0.2) is 0 Å². The molecule has 0 bridgehead atoms. The first-order valence-corrected chi connectivity index (χ1v) is 21.6. The molecule has 0 aromatic rings. The third kappa shape index (κ3) is 33.8. The van der Waals surface area contributed by atoms with Gasteiger partial charge in [0, 0.05) is 37.6 Å². The lowest BCUT2D eigenvalue weighted by Gasteiger charge is -2.06. The van der Waals surface area contributed by atoms with Crippen LogP contribution in [0.1, 0.15) is 0 Å². The minimum Gasteiger partial charge on any atom is -0.464 e. The molecule has 0 heterocycles. The Morgan fingerprint density at radius 1 is 0.462 bits per heavy atom. The first-order chi connectivity index (χ1) is 19.1. The van der Waals surface area contributed by atoms with Gasteiger partial charge in [0.1, 0.15) is 18.5 Å². The molecule has 0 spiro atoms. The first-order valence-electron chi connectivity index (χ1n) is 11.2. The molecule has 2 N–H and O–H groups in total. The minimum absolute atomic E-state index is 0.0673. The minimum atomic E-state index is -0.301. The zero-order chi connectivity index (χ0) is 28.7. The topological polar surface area (TPSA) is 138 Å². The molecular weight excluding hydrogens is 689 g/mol. The molecule has 0 aliphatic carbocycles. The fourth-order valence-electron chi connectivity index (χ4n) is 1.75. The Labute approximate surface area is 268 Å². The molecular formula is C20H36O10S9. The van der Waals surface area contributed by atoms with E-state index in [9.17, 15) is 14.4 Å². The summed E-state index contributed by atoms with van der Waals surface area (Å²) in [5.41, 5.74) is 0. The number of hydrogen-bond acceptors (Lipinski definition) is 19. The first kappa shape index (κ1) is 40.4. The van der Waals surface area contributed by atoms with Gasteiger partial charge in [0.2, 0.25) is 0 Å². The number of carbonyl (C=O) groups is 3. The van der Waals surface area contributed by atoms with Gasteiger partial charge in [-0.05, 0) is 0 Å². The van der Waals surface area contributed by atoms with Crippen LogP contribution in [-0.2, 0) is 38.4 Å². The summed E-state index contributed by atoms with van der Waals surface area (Å²) in [6.45, 7) is 1.35. The number of thioether (sulfide) groups is 9. The molecule has 0 saturated heterocycles. The van der Waals surface area contributed by atoms with Gasteiger partial charge in [-0.2, -0.15) is 0 Å². The number of aliphatic hydroxyl groups is 2. The van der Waals surface area contributed by atoms with Crippen LogP contribution in [0, 0.1) is 0 Å². The van der Waals surface area contributed by atoms with Gasteiger partial charge in [-0.1, -0.05) is 11.8 Å². The van der Waals surface area contributed by atoms with E-state index in [-0.39, 0.29) is 47.2 Å². The maximum absolute atomic E-state index is 11.7. The van der Waals surface area contributed by atoms with Gasteiger partial charge >= 0.3 is 17.9 Å². The number of ether oxygens (including phenoxy) is 3. The number of esters is 3. The van der Waals surface area contributed by atoms with Crippen LogP contribution in [0.25, 0.3) is 0 Å². The predicted molar refractivity (Wildman–Crippen MR) is 176 cm³/mol. The summed E-state index contributed by atoms with van der Waals surface area (Å²) >= 11 is 13.5. The van der Waals surface area contributed by atoms with Crippen molar-refractivity contribution >= 4 is 124 Å². The van der Waals surface area contributed by atoms with Crippen molar-refractivity contribution in [2.24, 2.45) is 0 Å². The Bertz CT molecular complexity index is 596. The molecule has 0 aliphatic heterocycles. The Balaban J connectivity index is 3.23. The molecule has 0 unspecified atom stereocenters. The second kappa shape index (κ2) is 33.9. The summed E-state index contributed by atoms with van der Waals surface area (Å²) < 4.78 is 15.1. The van der Waals surface area contributed by atoms with Gasteiger partial charge in [0.15, 0.2) is 0 Å². The quantitative estimate of drug-likeness (QED) is 0.0277. The Hall–Kier alpha value is 1.40. The number of aliphatic hydroxyl groups excluding tert-OH is 2. The normalized spacial score (nSPS) is 10.9. The molecule has 39 heavy (non-hydrogen) atoms. The molecule has 10 nitrogen and oxygen atoms in total. The van der Waals surface area contributed by atoms with Gasteiger partial charge in [0.25, 0.3) is 0 Å². The summed E-state index contributed by atoms with van der Waals surface area (Å²) in [5.74, 6) is 2.60. The summed E-state index contributed by atoms with van der Waals surface area (Å²) in [6, 6.07) is 0. The van der Waals surface area contributed by atoms with Crippen LogP contribution in [0.4, 0.5) is 0 Å². The van der Waals surface area contributed by atoms with Gasteiger partial charge in [-0.15, -0.1) is 94.1 Å². The van der Waals surface area contributed by atoms with E-state index in [4.69, 9.17) is 34.2 Å². The van der Waals surface area contributed by atoms with E-state index in [1.54, 1.807) is 47.0 Å². The highest BCUT2D eigenvalue weighted by molar-refractivity contribution is 8.22. The molecule has 0 aromatic carbocycles. The van der Waals surface area contributed by atoms with Crippen molar-refractivity contribution in [3.63, 3.8) is 0 Å². The van der Waals surface area contributed by atoms with E-state index in [2.05, 4.69) is 0 Å². The highest BCUT2D eigenvalue weighted by atomic mass is 32.2. The third-order valence-corrected chi connectivity index (χ3v) is 12.3. The molecule has 19 heteroatoms. The molecule has 0 fully saturated rings. The van der Waals surface area contributed by atoms with Crippen LogP contribution in [0.3, 0.4) is 0 Å². The van der Waals surface area contributed by atoms with Gasteiger partial charge < -0.3 is 24.4 Å². The van der Waals surface area contributed by atoms with Crippen LogP contribution < -0.4 is 0 Å². The van der Waals surface area contributed by atoms with Crippen LogP contribution in [0.2, 0.25) is 0 Å². The number of carbonyl (C=O) groups excluding carboxylic acids is 3. The maximum Gasteiger partial charge on any atom is 0.316 e. The van der Waals surface area contributed by atoms with Crippen molar-refractivity contribution in [3.8, 4) is 0 Å². The summed E-state index contributed by atoms with van der Waals surface area (Å²) in [7, 11) is 0. The average molecular weight is 725 g/mol. The van der Waals surface area contributed by atoms with E-state index in [1.165, 1.54) is 35.3 Å². The Kier molecular flexibility index (Phi) is 35.1. The summed E-state index contributed by atoms with van der Waals surface area (Å²) in [6.07, 6.45) is 0. The second-order valence-corrected chi connectivity index (χ2v) is 16.8. The van der Waals surface area contributed by atoms with E-state index >= 15 is 0 Å². The number of hydrogen-bond donors (Lipinski definition) is 2. The van der Waals surface area contributed by atoms with Crippen molar-refractivity contribution in [1.82, 2.24) is 0 Å². The predicted octanol–water partition coefficient (Wildman–Crippen LogP) is 3.81. The van der Waals surface area contributed by atoms with Gasteiger partial charge in [-0.25, -0.2) is 9.78 Å². The van der Waals surface area contributed by atoms with Crippen LogP contribution >= 0.6 is 106 Å². The highest BCUT2D eigenvalue weighted by Gasteiger charge is 2.05. The lowest BCUT2D eigenvalue weighted by Crippen LogP contribution is -2.10. The summed E-state index contributed by atoms with van der Waals surface area (Å²) in [4.78, 5) is 44.6. The van der Waals surface area contributed by atoms with E-state index in [1.807, 2.05) is 0 Å². The zero-order valence-electron chi connectivity index (χ0n) is 21.4. The third-order valence-electron chi connectivity index (χ3n) is 3.31. The molecule has 0 aromatic heterocycles. The SMILES string of the molecule is O=C(CSCO)OCCSCSCCOOCCSCSCC(=O)OCSCSCSCC(=O)OCSCO. The van der Waals surface area contributed by atoms with Crippen molar-refractivity contribution in [3.05, 3.63) is 0 Å². The molecule has 230 valence electrons. The van der Waals surface area contributed by atoms with Crippen molar-refractivity contribution in [2.75, 3.05) is 98.4 Å². The summed E-state index contributed by atoms with van der Waals surface area (Å²) in [5, 5.41) is 20.4. The standard InChI is InChI=1S/C20H36O10S9/c21-10-34-7-18(23)26-1-4-31-14-32-5-2-29-30-3-6-33-15-35-8-20(25)28-13-38-17-39-16-36-9-19(24)27-12-37-11-22/h21-22H,1-17H2. The van der Waals surface area contributed by atoms with Crippen molar-refractivity contribution < 1.29 is 48.6 Å². The lowest BCUT2D eigenvalue weighted by atomic mass is 10.8. The van der Waals surface area contributed by atoms with E-state index < -0.39 is 0 Å². The highest BCUT2D eigenvalue weighted by Crippen LogP contribution is 2.19. The largest absolute Gasteiger partial charge is 0.464 e. The molecule has 0 radical (unpaired) electrons. The average Bonchev–Trinajstić information content (AvgIpc) is 2.93. The van der Waals surface area contributed by atoms with E-state index in [0.29, 0.717) is 31.5 Å². The van der Waals surface area contributed by atoms with Crippen molar-refractivity contribution in [1.29, 1.82) is 0 Å². The maximum atomic E-state index is 11.7. The van der Waals surface area contributed by atoms with Crippen LogP contribution in [-0.4, -0.2) is 127 Å². The van der Waals surface area contributed by atoms with Crippen LogP contribution in [0.5, 0.6) is 0 Å². The molecule has 0 rings (SSSR count). The van der Waals surface area contributed by atoms with Gasteiger partial charge in [-0.3, -0.25) is 14.4 Å². The molecule has 0 atom stereocenters. The molecule has 0 amide bonds.